The van der Waals surface area contributed by atoms with E-state index in [-0.39, 0.29) is 5.91 Å². The Balaban J connectivity index is 1.62. The maximum absolute atomic E-state index is 12.7. The fraction of sp³-hybridized carbons (Fsp3) is 0.176. The third-order valence-corrected chi connectivity index (χ3v) is 5.59. The molecule has 0 aliphatic carbocycles. The van der Waals surface area contributed by atoms with Gasteiger partial charge in [-0.15, -0.1) is 11.3 Å². The van der Waals surface area contributed by atoms with Crippen LogP contribution in [0, 0.1) is 0 Å². The summed E-state index contributed by atoms with van der Waals surface area (Å²) < 4.78 is 4.42. The van der Waals surface area contributed by atoms with Crippen LogP contribution in [0.25, 0.3) is 16.2 Å². The molecular formula is C17H15BrN6OS. The van der Waals surface area contributed by atoms with Crippen LogP contribution in [-0.4, -0.2) is 30.3 Å². The molecule has 0 aliphatic heterocycles. The smallest absolute Gasteiger partial charge is 0.257 e. The van der Waals surface area contributed by atoms with Crippen molar-refractivity contribution in [2.24, 2.45) is 0 Å². The first-order chi connectivity index (χ1) is 12.7. The summed E-state index contributed by atoms with van der Waals surface area (Å²) >= 11 is 5.08. The van der Waals surface area contributed by atoms with Crippen molar-refractivity contribution in [3.05, 3.63) is 57.9 Å². The zero-order valence-electron chi connectivity index (χ0n) is 13.9. The summed E-state index contributed by atoms with van der Waals surface area (Å²) in [6.07, 6.45) is 4.99. The lowest BCUT2D eigenvalue weighted by molar-refractivity contribution is 0.0951. The summed E-state index contributed by atoms with van der Waals surface area (Å²) in [5.74, 6) is -0.216. The summed E-state index contributed by atoms with van der Waals surface area (Å²) in [5.41, 5.74) is 2.82. The second-order valence-electron chi connectivity index (χ2n) is 5.54. The predicted octanol–water partition coefficient (Wildman–Crippen LogP) is 3.37. The average molecular weight is 431 g/mol. The van der Waals surface area contributed by atoms with E-state index in [1.165, 1.54) is 0 Å². The van der Waals surface area contributed by atoms with Crippen LogP contribution in [0.3, 0.4) is 0 Å². The molecule has 0 fully saturated rings. The van der Waals surface area contributed by atoms with Gasteiger partial charge in [-0.3, -0.25) is 9.48 Å². The molecule has 0 aliphatic rings. The number of hydrogen-bond acceptors (Lipinski definition) is 5. The van der Waals surface area contributed by atoms with Crippen LogP contribution in [-0.2, 0) is 13.1 Å². The Bertz CT molecular complexity index is 1070. The molecular weight excluding hydrogens is 416 g/mol. The Morgan fingerprint density at radius 3 is 2.96 bits per heavy atom. The number of aryl methyl sites for hydroxylation is 1. The summed E-state index contributed by atoms with van der Waals surface area (Å²) in [6, 6.07) is 5.90. The molecule has 132 valence electrons. The lowest BCUT2D eigenvalue weighted by atomic mass is 10.3. The highest BCUT2D eigenvalue weighted by molar-refractivity contribution is 9.10. The Morgan fingerprint density at radius 2 is 2.19 bits per heavy atom. The number of aromatic nitrogens is 5. The van der Waals surface area contributed by atoms with E-state index in [1.54, 1.807) is 34.4 Å². The maximum atomic E-state index is 12.7. The van der Waals surface area contributed by atoms with Crippen LogP contribution in [0.15, 0.2) is 46.6 Å². The molecule has 0 saturated heterocycles. The average Bonchev–Trinajstić information content (AvgIpc) is 3.39. The quantitative estimate of drug-likeness (QED) is 0.526. The molecule has 0 bridgehead atoms. The van der Waals surface area contributed by atoms with Gasteiger partial charge in [0.25, 0.3) is 5.91 Å². The molecule has 4 aromatic heterocycles. The monoisotopic (exact) mass is 430 g/mol. The molecule has 0 spiro atoms. The van der Waals surface area contributed by atoms with Gasteiger partial charge in [0.1, 0.15) is 5.56 Å². The van der Waals surface area contributed by atoms with Gasteiger partial charge in [0, 0.05) is 12.7 Å². The van der Waals surface area contributed by atoms with Gasteiger partial charge in [0.2, 0.25) is 0 Å². The van der Waals surface area contributed by atoms with Crippen molar-refractivity contribution in [2.75, 3.05) is 0 Å². The fourth-order valence-electron chi connectivity index (χ4n) is 2.76. The number of nitrogens with one attached hydrogen (secondary N) is 1. The predicted molar refractivity (Wildman–Crippen MR) is 103 cm³/mol. The third-order valence-electron chi connectivity index (χ3n) is 4.03. The van der Waals surface area contributed by atoms with E-state index in [1.807, 2.05) is 35.2 Å². The van der Waals surface area contributed by atoms with Crippen LogP contribution >= 0.6 is 27.3 Å². The SMILES string of the molecule is CCn1ncc(Br)c1CNC(=O)c1cnn2c(-c3cccs3)ccnc12. The first kappa shape index (κ1) is 16.9. The number of amides is 1. The van der Waals surface area contributed by atoms with Gasteiger partial charge >= 0.3 is 0 Å². The lowest BCUT2D eigenvalue weighted by Crippen LogP contribution is -2.24. The van der Waals surface area contributed by atoms with E-state index in [0.717, 1.165) is 27.3 Å². The first-order valence-corrected chi connectivity index (χ1v) is 9.71. The van der Waals surface area contributed by atoms with E-state index in [0.29, 0.717) is 17.8 Å². The second-order valence-corrected chi connectivity index (χ2v) is 7.34. The van der Waals surface area contributed by atoms with E-state index < -0.39 is 0 Å². The van der Waals surface area contributed by atoms with Crippen molar-refractivity contribution >= 4 is 38.8 Å². The minimum Gasteiger partial charge on any atom is -0.346 e. The first-order valence-electron chi connectivity index (χ1n) is 8.04. The number of carbonyl (C=O) groups excluding carboxylic acids is 1. The molecule has 4 rings (SSSR count). The van der Waals surface area contributed by atoms with Crippen LogP contribution < -0.4 is 5.32 Å². The molecule has 26 heavy (non-hydrogen) atoms. The Morgan fingerprint density at radius 1 is 1.31 bits per heavy atom. The molecule has 9 heteroatoms. The standard InChI is InChI=1S/C17H15BrN6OS/c1-2-23-14(12(18)9-21-23)10-20-17(25)11-8-22-24-13(5-6-19-16(11)24)15-4-3-7-26-15/h3-9H,2,10H2,1H3,(H,20,25). The minimum absolute atomic E-state index is 0.216. The number of hydrogen-bond donors (Lipinski definition) is 1. The van der Waals surface area contributed by atoms with E-state index in [9.17, 15) is 4.79 Å². The van der Waals surface area contributed by atoms with Crippen molar-refractivity contribution < 1.29 is 4.79 Å². The number of nitrogens with zero attached hydrogens (tertiary/aromatic N) is 5. The van der Waals surface area contributed by atoms with Gasteiger partial charge in [0.05, 0.1) is 39.7 Å². The largest absolute Gasteiger partial charge is 0.346 e. The number of carbonyl (C=O) groups is 1. The van der Waals surface area contributed by atoms with E-state index in [4.69, 9.17) is 0 Å². The van der Waals surface area contributed by atoms with Crippen molar-refractivity contribution in [2.45, 2.75) is 20.0 Å². The molecule has 1 amide bonds. The van der Waals surface area contributed by atoms with Crippen LogP contribution in [0.2, 0.25) is 0 Å². The number of thiophene rings is 1. The Kier molecular flexibility index (Phi) is 4.56. The van der Waals surface area contributed by atoms with Crippen LogP contribution in [0.4, 0.5) is 0 Å². The Hall–Kier alpha value is -2.52. The molecule has 4 aromatic rings. The lowest BCUT2D eigenvalue weighted by Gasteiger charge is -2.07. The fourth-order valence-corrected chi connectivity index (χ4v) is 3.93. The normalized spacial score (nSPS) is 11.2. The minimum atomic E-state index is -0.216. The highest BCUT2D eigenvalue weighted by Crippen LogP contribution is 2.25. The van der Waals surface area contributed by atoms with Gasteiger partial charge in [-0.25, -0.2) is 9.50 Å². The summed E-state index contributed by atoms with van der Waals surface area (Å²) in [4.78, 5) is 18.1. The molecule has 0 unspecified atom stereocenters. The van der Waals surface area contributed by atoms with Gasteiger partial charge in [-0.2, -0.15) is 10.2 Å². The van der Waals surface area contributed by atoms with E-state index >= 15 is 0 Å². The third kappa shape index (κ3) is 2.93. The Labute approximate surface area is 161 Å². The second kappa shape index (κ2) is 7.00. The summed E-state index contributed by atoms with van der Waals surface area (Å²) in [6.45, 7) is 3.11. The number of halogens is 1. The molecule has 0 radical (unpaired) electrons. The van der Waals surface area contributed by atoms with Crippen LogP contribution in [0.5, 0.6) is 0 Å². The van der Waals surface area contributed by atoms with Crippen molar-refractivity contribution in [1.29, 1.82) is 0 Å². The molecule has 4 heterocycles. The maximum Gasteiger partial charge on any atom is 0.257 e. The van der Waals surface area contributed by atoms with Gasteiger partial charge in [-0.05, 0) is 40.4 Å². The summed E-state index contributed by atoms with van der Waals surface area (Å²) in [7, 11) is 0. The molecule has 7 nitrogen and oxygen atoms in total. The van der Waals surface area contributed by atoms with Crippen LogP contribution in [0.1, 0.15) is 23.0 Å². The van der Waals surface area contributed by atoms with Gasteiger partial charge in [-0.1, -0.05) is 6.07 Å². The van der Waals surface area contributed by atoms with Gasteiger partial charge in [0.15, 0.2) is 5.65 Å². The molecule has 0 atom stereocenters. The highest BCUT2D eigenvalue weighted by atomic mass is 79.9. The topological polar surface area (TPSA) is 77.1 Å². The highest BCUT2D eigenvalue weighted by Gasteiger charge is 2.17. The molecule has 1 N–H and O–H groups in total. The number of rotatable bonds is 5. The molecule has 0 aromatic carbocycles. The van der Waals surface area contributed by atoms with Crippen molar-refractivity contribution in [3.63, 3.8) is 0 Å². The zero-order valence-corrected chi connectivity index (χ0v) is 16.3. The van der Waals surface area contributed by atoms with Gasteiger partial charge < -0.3 is 5.32 Å². The van der Waals surface area contributed by atoms with Crippen molar-refractivity contribution in [3.8, 4) is 10.6 Å². The van der Waals surface area contributed by atoms with Crippen molar-refractivity contribution in [1.82, 2.24) is 29.7 Å². The zero-order chi connectivity index (χ0) is 18.1. The summed E-state index contributed by atoms with van der Waals surface area (Å²) in [5, 5.41) is 13.6. The van der Waals surface area contributed by atoms with E-state index in [2.05, 4.69) is 36.4 Å². The number of fused-ring (bicyclic) bond motifs is 1. The molecule has 0 saturated carbocycles.